The molecule has 0 fully saturated rings. The molecule has 6 aromatic rings. The Morgan fingerprint density at radius 2 is 0.588 bits per heavy atom. The molecule has 0 radical (unpaired) electrons. The number of hydrogen-bond acceptors (Lipinski definition) is 6. The minimum atomic E-state index is -1.18. The predicted molar refractivity (Wildman–Crippen MR) is 190 cm³/mol. The number of rotatable bonds is 10. The van der Waals surface area contributed by atoms with E-state index in [0.717, 1.165) is 11.1 Å². The monoisotopic (exact) mass is 678 g/mol. The molecule has 0 saturated carbocycles. The minimum Gasteiger partial charge on any atom is -0.478 e. The Morgan fingerprint density at radius 3 is 0.784 bits per heavy atom. The standard InChI is InChI=1S/C29H20O8.C12H10N2/c30-25(31)17-1-9-21(10-2-17)29(22-11-3-18(4-12-22)26(32)33,23-13-5-19(6-14-23)27(34)35)24-15-7-20(8-16-24)28(36)37;1(11-3-7-13-8-4-11)2-12-5-9-14-10-6-12/h1-16H,(H,30,31)(H,32,33)(H,34,35)(H,36,37);1-10H/b;2-1+. The van der Waals surface area contributed by atoms with Crippen molar-refractivity contribution < 1.29 is 39.6 Å². The maximum absolute atomic E-state index is 11.5. The van der Waals surface area contributed by atoms with Gasteiger partial charge in [0.15, 0.2) is 0 Å². The molecule has 252 valence electrons. The van der Waals surface area contributed by atoms with Gasteiger partial charge in [-0.25, -0.2) is 19.2 Å². The first-order valence-electron chi connectivity index (χ1n) is 15.4. The summed E-state index contributed by atoms with van der Waals surface area (Å²) in [5.41, 5.74) is 3.76. The number of benzene rings is 4. The smallest absolute Gasteiger partial charge is 0.335 e. The van der Waals surface area contributed by atoms with Crippen molar-refractivity contribution in [2.45, 2.75) is 5.41 Å². The molecule has 10 heteroatoms. The molecule has 0 bridgehead atoms. The van der Waals surface area contributed by atoms with Gasteiger partial charge in [-0.2, -0.15) is 0 Å². The van der Waals surface area contributed by atoms with E-state index in [-0.39, 0.29) is 22.3 Å². The van der Waals surface area contributed by atoms with Crippen LogP contribution >= 0.6 is 0 Å². The maximum atomic E-state index is 11.5. The molecule has 51 heavy (non-hydrogen) atoms. The second-order valence-electron chi connectivity index (χ2n) is 11.2. The summed E-state index contributed by atoms with van der Waals surface area (Å²) < 4.78 is 0. The van der Waals surface area contributed by atoms with Crippen LogP contribution in [0.2, 0.25) is 0 Å². The third-order valence-corrected chi connectivity index (χ3v) is 8.14. The zero-order chi connectivity index (χ0) is 36.4. The van der Waals surface area contributed by atoms with Gasteiger partial charge in [0.2, 0.25) is 0 Å². The molecule has 0 unspecified atom stereocenters. The molecule has 4 N–H and O–H groups in total. The lowest BCUT2D eigenvalue weighted by molar-refractivity contribution is 0.0686. The minimum absolute atomic E-state index is 0.0568. The van der Waals surface area contributed by atoms with E-state index in [1.165, 1.54) is 48.5 Å². The lowest BCUT2D eigenvalue weighted by atomic mass is 9.65. The average Bonchev–Trinajstić information content (AvgIpc) is 3.16. The van der Waals surface area contributed by atoms with Gasteiger partial charge in [-0.05, 0) is 106 Å². The van der Waals surface area contributed by atoms with E-state index in [2.05, 4.69) is 22.1 Å². The molecule has 4 aromatic carbocycles. The molecular formula is C41H30N2O8. The molecule has 6 rings (SSSR count). The van der Waals surface area contributed by atoms with Crippen LogP contribution in [0, 0.1) is 0 Å². The van der Waals surface area contributed by atoms with Crippen molar-refractivity contribution in [1.82, 2.24) is 9.97 Å². The van der Waals surface area contributed by atoms with Crippen molar-refractivity contribution in [1.29, 1.82) is 0 Å². The van der Waals surface area contributed by atoms with E-state index in [9.17, 15) is 39.6 Å². The Labute approximate surface area is 292 Å². The number of hydrogen-bond donors (Lipinski definition) is 4. The van der Waals surface area contributed by atoms with Crippen LogP contribution in [-0.2, 0) is 5.41 Å². The number of aromatic nitrogens is 2. The normalized spacial score (nSPS) is 10.9. The van der Waals surface area contributed by atoms with Crippen molar-refractivity contribution in [3.05, 3.63) is 202 Å². The molecule has 2 heterocycles. The number of carboxylic acid groups (broad SMARTS) is 4. The fourth-order valence-electron chi connectivity index (χ4n) is 5.59. The maximum Gasteiger partial charge on any atom is 0.335 e. The van der Waals surface area contributed by atoms with Gasteiger partial charge in [0, 0.05) is 24.8 Å². The molecule has 0 saturated heterocycles. The number of carbonyl (C=O) groups is 4. The van der Waals surface area contributed by atoms with Gasteiger partial charge in [-0.15, -0.1) is 0 Å². The first-order valence-corrected chi connectivity index (χ1v) is 15.4. The SMILES string of the molecule is C(=C\c1ccncc1)/c1ccncc1.O=C(O)c1ccc(C(c2ccc(C(=O)O)cc2)(c2ccc(C(=O)O)cc2)c2ccc(C(=O)O)cc2)cc1. The molecular weight excluding hydrogens is 648 g/mol. The quantitative estimate of drug-likeness (QED) is 0.106. The van der Waals surface area contributed by atoms with Crippen LogP contribution in [0.1, 0.15) is 74.8 Å². The summed E-state index contributed by atoms with van der Waals surface area (Å²) in [6, 6.07) is 32.4. The third-order valence-electron chi connectivity index (χ3n) is 8.14. The van der Waals surface area contributed by atoms with Crippen LogP contribution in [0.3, 0.4) is 0 Å². The van der Waals surface area contributed by atoms with E-state index in [1.54, 1.807) is 73.3 Å². The summed E-state index contributed by atoms with van der Waals surface area (Å²) in [5, 5.41) is 37.6. The van der Waals surface area contributed by atoms with Crippen molar-refractivity contribution in [2.24, 2.45) is 0 Å². The van der Waals surface area contributed by atoms with Crippen LogP contribution in [0.5, 0.6) is 0 Å². The molecule has 0 atom stereocenters. The zero-order valence-corrected chi connectivity index (χ0v) is 26.8. The number of pyridine rings is 2. The van der Waals surface area contributed by atoms with Crippen molar-refractivity contribution in [3.63, 3.8) is 0 Å². The van der Waals surface area contributed by atoms with Gasteiger partial charge < -0.3 is 20.4 Å². The molecule has 0 amide bonds. The van der Waals surface area contributed by atoms with Gasteiger partial charge in [0.25, 0.3) is 0 Å². The van der Waals surface area contributed by atoms with Crippen LogP contribution < -0.4 is 0 Å². The van der Waals surface area contributed by atoms with E-state index in [4.69, 9.17) is 0 Å². The fourth-order valence-corrected chi connectivity index (χ4v) is 5.59. The van der Waals surface area contributed by atoms with Gasteiger partial charge in [-0.3, -0.25) is 9.97 Å². The number of nitrogens with zero attached hydrogens (tertiary/aromatic N) is 2. The molecule has 0 aliphatic heterocycles. The topological polar surface area (TPSA) is 175 Å². The largest absolute Gasteiger partial charge is 0.478 e. The molecule has 0 aliphatic rings. The van der Waals surface area contributed by atoms with E-state index in [0.29, 0.717) is 22.3 Å². The molecule has 0 aliphatic carbocycles. The van der Waals surface area contributed by atoms with Gasteiger partial charge in [-0.1, -0.05) is 60.7 Å². The molecule has 10 nitrogen and oxygen atoms in total. The number of carboxylic acids is 4. The van der Waals surface area contributed by atoms with E-state index < -0.39 is 29.3 Å². The van der Waals surface area contributed by atoms with E-state index in [1.807, 2.05) is 24.3 Å². The first-order chi connectivity index (χ1) is 24.6. The Hall–Kier alpha value is -7.20. The fraction of sp³-hybridized carbons (Fsp3) is 0.0244. The third kappa shape index (κ3) is 8.10. The van der Waals surface area contributed by atoms with Crippen molar-refractivity contribution >= 4 is 36.0 Å². The summed E-state index contributed by atoms with van der Waals surface area (Å²) in [6.45, 7) is 0. The van der Waals surface area contributed by atoms with Crippen LogP contribution in [-0.4, -0.2) is 54.3 Å². The van der Waals surface area contributed by atoms with Crippen LogP contribution in [0.4, 0.5) is 0 Å². The van der Waals surface area contributed by atoms with Crippen molar-refractivity contribution in [3.8, 4) is 0 Å². The summed E-state index contributed by atoms with van der Waals surface area (Å²) >= 11 is 0. The number of aromatic carboxylic acids is 4. The Morgan fingerprint density at radius 1 is 0.373 bits per heavy atom. The van der Waals surface area contributed by atoms with Crippen molar-refractivity contribution in [2.75, 3.05) is 0 Å². The van der Waals surface area contributed by atoms with Gasteiger partial charge in [0.05, 0.1) is 27.7 Å². The van der Waals surface area contributed by atoms with Crippen LogP contribution in [0.15, 0.2) is 146 Å². The summed E-state index contributed by atoms with van der Waals surface area (Å²) in [7, 11) is 0. The molecule has 0 spiro atoms. The second kappa shape index (κ2) is 15.8. The second-order valence-corrected chi connectivity index (χ2v) is 11.2. The first kappa shape index (κ1) is 35.1. The Balaban J connectivity index is 0.000000299. The highest BCUT2D eigenvalue weighted by atomic mass is 16.4. The molecule has 2 aromatic heterocycles. The highest BCUT2D eigenvalue weighted by Gasteiger charge is 2.39. The average molecular weight is 679 g/mol. The lowest BCUT2D eigenvalue weighted by Gasteiger charge is -2.37. The zero-order valence-electron chi connectivity index (χ0n) is 26.8. The Kier molecular flexibility index (Phi) is 10.9. The highest BCUT2D eigenvalue weighted by Crippen LogP contribution is 2.45. The highest BCUT2D eigenvalue weighted by molar-refractivity contribution is 5.90. The summed E-state index contributed by atoms with van der Waals surface area (Å²) in [5.74, 6) is -4.45. The van der Waals surface area contributed by atoms with Crippen LogP contribution in [0.25, 0.3) is 12.2 Å². The Bertz CT molecular complexity index is 1890. The summed E-state index contributed by atoms with van der Waals surface area (Å²) in [6.07, 6.45) is 11.2. The lowest BCUT2D eigenvalue weighted by Crippen LogP contribution is -2.31. The van der Waals surface area contributed by atoms with Gasteiger partial charge >= 0.3 is 23.9 Å². The predicted octanol–water partition coefficient (Wildman–Crippen LogP) is 7.51. The summed E-state index contributed by atoms with van der Waals surface area (Å²) in [4.78, 5) is 53.9. The van der Waals surface area contributed by atoms with E-state index >= 15 is 0 Å². The van der Waals surface area contributed by atoms with Gasteiger partial charge in [0.1, 0.15) is 0 Å².